The summed E-state index contributed by atoms with van der Waals surface area (Å²) in [4.78, 5) is 5.67. The van der Waals surface area contributed by atoms with Crippen LogP contribution in [0.3, 0.4) is 0 Å². The number of ether oxygens (including phenoxy) is 2. The monoisotopic (exact) mass is 246 g/mol. The lowest BCUT2D eigenvalue weighted by Crippen LogP contribution is -2.06. The van der Waals surface area contributed by atoms with Gasteiger partial charge in [-0.05, 0) is 12.1 Å². The number of fused-ring (bicyclic) bond motifs is 1. The molecule has 4 nitrogen and oxygen atoms in total. The molecule has 0 atom stereocenters. The van der Waals surface area contributed by atoms with Crippen molar-refractivity contribution in [2.75, 3.05) is 14.2 Å². The number of aromatic amines is 1. The first-order valence-electron chi connectivity index (χ1n) is 4.65. The number of hydrogen-bond donors (Lipinski definition) is 1. The highest BCUT2D eigenvalue weighted by Crippen LogP contribution is 2.35. The molecule has 0 amide bonds. The molecule has 0 fully saturated rings. The Morgan fingerprint density at radius 3 is 2.24 bits per heavy atom. The molecule has 2 rings (SSSR count). The second kappa shape index (κ2) is 3.83. The van der Waals surface area contributed by atoms with E-state index in [1.807, 2.05) is 0 Å². The highest BCUT2D eigenvalue weighted by Gasteiger charge is 2.35. The van der Waals surface area contributed by atoms with Crippen LogP contribution in [0.5, 0.6) is 11.5 Å². The van der Waals surface area contributed by atoms with Crippen molar-refractivity contribution in [3.8, 4) is 11.5 Å². The first-order chi connectivity index (χ1) is 7.97. The Hall–Kier alpha value is -1.92. The predicted molar refractivity (Wildman–Crippen MR) is 54.2 cm³/mol. The molecule has 1 aromatic carbocycles. The zero-order valence-corrected chi connectivity index (χ0v) is 9.05. The molecular weight excluding hydrogens is 237 g/mol. The standard InChI is InChI=1S/C10H9F3N2O2/c1-16-5-3-4-6(17-2)8-7(5)14-9(15-8)10(11,12)13/h3-4H,1-2H3,(H,14,15). The second-order valence-corrected chi connectivity index (χ2v) is 3.28. The molecule has 0 saturated heterocycles. The van der Waals surface area contributed by atoms with E-state index in [4.69, 9.17) is 9.47 Å². The van der Waals surface area contributed by atoms with Crippen molar-refractivity contribution in [3.05, 3.63) is 18.0 Å². The van der Waals surface area contributed by atoms with Crippen molar-refractivity contribution in [1.29, 1.82) is 0 Å². The van der Waals surface area contributed by atoms with Gasteiger partial charge >= 0.3 is 6.18 Å². The molecule has 0 aliphatic carbocycles. The molecular formula is C10H9F3N2O2. The maximum absolute atomic E-state index is 12.5. The van der Waals surface area contributed by atoms with Crippen molar-refractivity contribution in [2.45, 2.75) is 6.18 Å². The molecule has 0 saturated carbocycles. The summed E-state index contributed by atoms with van der Waals surface area (Å²) in [5, 5.41) is 0. The van der Waals surface area contributed by atoms with Gasteiger partial charge in [0, 0.05) is 0 Å². The van der Waals surface area contributed by atoms with Gasteiger partial charge in [0.25, 0.3) is 0 Å². The van der Waals surface area contributed by atoms with Gasteiger partial charge < -0.3 is 14.5 Å². The van der Waals surface area contributed by atoms with Crippen LogP contribution in [0.1, 0.15) is 5.82 Å². The summed E-state index contributed by atoms with van der Waals surface area (Å²) in [5.74, 6) is -0.536. The Kier molecular flexibility index (Phi) is 2.60. The van der Waals surface area contributed by atoms with Gasteiger partial charge in [-0.2, -0.15) is 13.2 Å². The van der Waals surface area contributed by atoms with Crippen LogP contribution in [-0.2, 0) is 6.18 Å². The van der Waals surface area contributed by atoms with E-state index in [0.717, 1.165) is 0 Å². The van der Waals surface area contributed by atoms with Gasteiger partial charge in [0.15, 0.2) is 0 Å². The van der Waals surface area contributed by atoms with Crippen LogP contribution >= 0.6 is 0 Å². The summed E-state index contributed by atoms with van der Waals surface area (Å²) < 4.78 is 47.5. The third kappa shape index (κ3) is 1.88. The number of halogens is 3. The van der Waals surface area contributed by atoms with Gasteiger partial charge in [-0.1, -0.05) is 0 Å². The fraction of sp³-hybridized carbons (Fsp3) is 0.300. The van der Waals surface area contributed by atoms with Crippen LogP contribution < -0.4 is 9.47 Å². The molecule has 0 radical (unpaired) electrons. The Morgan fingerprint density at radius 1 is 1.12 bits per heavy atom. The Labute approximate surface area is 94.4 Å². The molecule has 1 N–H and O–H groups in total. The molecule has 0 spiro atoms. The first-order valence-corrected chi connectivity index (χ1v) is 4.65. The van der Waals surface area contributed by atoms with Gasteiger partial charge in [0.05, 0.1) is 14.2 Å². The predicted octanol–water partition coefficient (Wildman–Crippen LogP) is 2.60. The fourth-order valence-electron chi connectivity index (χ4n) is 1.51. The summed E-state index contributed by atoms with van der Waals surface area (Å²) in [7, 11) is 2.73. The summed E-state index contributed by atoms with van der Waals surface area (Å²) in [6.45, 7) is 0. The number of nitrogens with one attached hydrogen (secondary N) is 1. The molecule has 1 heterocycles. The maximum Gasteiger partial charge on any atom is 0.449 e. The molecule has 1 aromatic heterocycles. The number of H-pyrrole nitrogens is 1. The van der Waals surface area contributed by atoms with Crippen LogP contribution in [0.25, 0.3) is 11.0 Å². The van der Waals surface area contributed by atoms with E-state index in [-0.39, 0.29) is 22.5 Å². The van der Waals surface area contributed by atoms with Gasteiger partial charge in [0.1, 0.15) is 22.5 Å². The molecule has 0 aliphatic rings. The van der Waals surface area contributed by atoms with Crippen molar-refractivity contribution in [1.82, 2.24) is 9.97 Å². The number of hydrogen-bond acceptors (Lipinski definition) is 3. The number of aromatic nitrogens is 2. The van der Waals surface area contributed by atoms with E-state index in [1.165, 1.54) is 26.4 Å². The lowest BCUT2D eigenvalue weighted by molar-refractivity contribution is -0.144. The summed E-state index contributed by atoms with van der Waals surface area (Å²) in [6, 6.07) is 3.02. The number of benzene rings is 1. The minimum Gasteiger partial charge on any atom is -0.494 e. The number of imidazole rings is 1. The van der Waals surface area contributed by atoms with Crippen molar-refractivity contribution >= 4 is 11.0 Å². The third-order valence-corrected chi connectivity index (χ3v) is 2.28. The van der Waals surface area contributed by atoms with Crippen LogP contribution in [0.4, 0.5) is 13.2 Å². The van der Waals surface area contributed by atoms with Crippen LogP contribution in [-0.4, -0.2) is 24.2 Å². The van der Waals surface area contributed by atoms with Crippen molar-refractivity contribution < 1.29 is 22.6 Å². The molecule has 0 aliphatic heterocycles. The average molecular weight is 246 g/mol. The third-order valence-electron chi connectivity index (χ3n) is 2.28. The molecule has 0 bridgehead atoms. The normalized spacial score (nSPS) is 11.8. The van der Waals surface area contributed by atoms with E-state index in [0.29, 0.717) is 0 Å². The number of methoxy groups -OCH3 is 2. The summed E-state index contributed by atoms with van der Waals surface area (Å²) >= 11 is 0. The smallest absolute Gasteiger partial charge is 0.449 e. The number of nitrogens with zero attached hydrogens (tertiary/aromatic N) is 1. The second-order valence-electron chi connectivity index (χ2n) is 3.28. The lowest BCUT2D eigenvalue weighted by Gasteiger charge is -2.04. The van der Waals surface area contributed by atoms with Crippen molar-refractivity contribution in [2.24, 2.45) is 0 Å². The van der Waals surface area contributed by atoms with E-state index in [1.54, 1.807) is 0 Å². The summed E-state index contributed by atoms with van der Waals surface area (Å²) in [6.07, 6.45) is -4.53. The quantitative estimate of drug-likeness (QED) is 0.885. The molecule has 17 heavy (non-hydrogen) atoms. The number of rotatable bonds is 2. The van der Waals surface area contributed by atoms with Crippen LogP contribution in [0.2, 0.25) is 0 Å². The van der Waals surface area contributed by atoms with Gasteiger partial charge in [-0.25, -0.2) is 4.98 Å². The first kappa shape index (κ1) is 11.6. The summed E-state index contributed by atoms with van der Waals surface area (Å²) in [5.41, 5.74) is 0.262. The molecule has 0 unspecified atom stereocenters. The minimum absolute atomic E-state index is 0.0965. The van der Waals surface area contributed by atoms with Gasteiger partial charge in [0.2, 0.25) is 5.82 Å². The van der Waals surface area contributed by atoms with E-state index in [2.05, 4.69) is 9.97 Å². The zero-order chi connectivity index (χ0) is 12.6. The van der Waals surface area contributed by atoms with Gasteiger partial charge in [-0.15, -0.1) is 0 Å². The Bertz CT molecular complexity index is 507. The van der Waals surface area contributed by atoms with Crippen LogP contribution in [0, 0.1) is 0 Å². The van der Waals surface area contributed by atoms with E-state index in [9.17, 15) is 13.2 Å². The van der Waals surface area contributed by atoms with Crippen molar-refractivity contribution in [3.63, 3.8) is 0 Å². The van der Waals surface area contributed by atoms with Gasteiger partial charge in [-0.3, -0.25) is 0 Å². The molecule has 92 valence electrons. The lowest BCUT2D eigenvalue weighted by atomic mass is 10.2. The van der Waals surface area contributed by atoms with E-state index >= 15 is 0 Å². The minimum atomic E-state index is -4.53. The highest BCUT2D eigenvalue weighted by molar-refractivity contribution is 5.87. The highest BCUT2D eigenvalue weighted by atomic mass is 19.4. The Morgan fingerprint density at radius 2 is 1.71 bits per heavy atom. The van der Waals surface area contributed by atoms with E-state index < -0.39 is 12.0 Å². The topological polar surface area (TPSA) is 47.1 Å². The fourth-order valence-corrected chi connectivity index (χ4v) is 1.51. The maximum atomic E-state index is 12.5. The average Bonchev–Trinajstić information content (AvgIpc) is 2.72. The SMILES string of the molecule is COc1ccc(OC)c2[nH]c(C(F)(F)F)nc12. The molecule has 7 heteroatoms. The molecule has 2 aromatic rings. The Balaban J connectivity index is 2.72. The van der Waals surface area contributed by atoms with Crippen LogP contribution in [0.15, 0.2) is 12.1 Å². The number of alkyl halides is 3. The largest absolute Gasteiger partial charge is 0.494 e. The zero-order valence-electron chi connectivity index (χ0n) is 9.05.